The Balaban J connectivity index is 2.52. The van der Waals surface area contributed by atoms with Crippen LogP contribution < -0.4 is 5.32 Å². The number of hydrogen-bond acceptors (Lipinski definition) is 4. The van der Waals surface area contributed by atoms with Gasteiger partial charge in [-0.3, -0.25) is 0 Å². The lowest BCUT2D eigenvalue weighted by Crippen LogP contribution is -2.08. The normalized spacial score (nSPS) is 10.7. The van der Waals surface area contributed by atoms with Gasteiger partial charge >= 0.3 is 0 Å². The third kappa shape index (κ3) is 2.79. The molecule has 0 atom stereocenters. The van der Waals surface area contributed by atoms with Gasteiger partial charge in [-0.15, -0.1) is 0 Å². The number of anilines is 1. The summed E-state index contributed by atoms with van der Waals surface area (Å²) in [6.45, 7) is 4.84. The zero-order chi connectivity index (χ0) is 8.97. The lowest BCUT2D eigenvalue weighted by atomic mass is 10.4. The zero-order valence-corrected chi connectivity index (χ0v) is 8.44. The topological polar surface area (TPSA) is 34.1 Å². The maximum absolute atomic E-state index is 4.99. The number of nitrogens with zero attached hydrogens (tertiary/aromatic N) is 1. The molecule has 0 saturated heterocycles. The van der Waals surface area contributed by atoms with Crippen LogP contribution in [0, 0.1) is 0 Å². The highest BCUT2D eigenvalue weighted by Crippen LogP contribution is 2.18. The molecule has 1 heterocycles. The van der Waals surface area contributed by atoms with Crippen molar-refractivity contribution >= 4 is 16.5 Å². The summed E-state index contributed by atoms with van der Waals surface area (Å²) in [6.07, 6.45) is 1.85. The zero-order valence-electron chi connectivity index (χ0n) is 7.63. The maximum atomic E-state index is 4.99. The second kappa shape index (κ2) is 4.42. The first-order valence-electron chi connectivity index (χ1n) is 3.92. The molecule has 0 radical (unpaired) electrons. The number of nitrogens with one attached hydrogen (secondary N) is 1. The van der Waals surface area contributed by atoms with E-state index in [9.17, 15) is 0 Å². The summed E-state index contributed by atoms with van der Waals surface area (Å²) in [7, 11) is 1.69. The van der Waals surface area contributed by atoms with E-state index in [0.29, 0.717) is 12.6 Å². The summed E-state index contributed by atoms with van der Waals surface area (Å²) in [5.74, 6) is 0. The highest BCUT2D eigenvalue weighted by Gasteiger charge is 2.01. The van der Waals surface area contributed by atoms with Crippen LogP contribution in [0.5, 0.6) is 0 Å². The van der Waals surface area contributed by atoms with E-state index in [-0.39, 0.29) is 0 Å². The van der Waals surface area contributed by atoms with Gasteiger partial charge in [0.15, 0.2) is 5.13 Å². The van der Waals surface area contributed by atoms with Crippen LogP contribution in [-0.4, -0.2) is 18.1 Å². The standard InChI is InChI=1S/C8H14N2OS/c1-6(2)10-8-9-4-7(12-8)5-11-3/h4,6H,5H2,1-3H3,(H,9,10). The molecule has 0 spiro atoms. The van der Waals surface area contributed by atoms with Gasteiger partial charge in [0.1, 0.15) is 0 Å². The summed E-state index contributed by atoms with van der Waals surface area (Å²) in [5, 5.41) is 4.20. The highest BCUT2D eigenvalue weighted by atomic mass is 32.1. The van der Waals surface area contributed by atoms with E-state index in [0.717, 1.165) is 10.0 Å². The fourth-order valence-electron chi connectivity index (χ4n) is 0.830. The molecule has 0 saturated carbocycles. The molecule has 12 heavy (non-hydrogen) atoms. The summed E-state index contributed by atoms with van der Waals surface area (Å²) in [4.78, 5) is 5.36. The Labute approximate surface area is 76.8 Å². The van der Waals surface area contributed by atoms with Crippen molar-refractivity contribution in [2.45, 2.75) is 26.5 Å². The first kappa shape index (κ1) is 9.48. The van der Waals surface area contributed by atoms with E-state index in [1.807, 2.05) is 6.20 Å². The Morgan fingerprint density at radius 3 is 3.00 bits per heavy atom. The fourth-order valence-corrected chi connectivity index (χ4v) is 1.76. The third-order valence-corrected chi connectivity index (χ3v) is 2.15. The van der Waals surface area contributed by atoms with Crippen molar-refractivity contribution in [3.8, 4) is 0 Å². The number of methoxy groups -OCH3 is 1. The van der Waals surface area contributed by atoms with Crippen LogP contribution in [0.4, 0.5) is 5.13 Å². The van der Waals surface area contributed by atoms with Crippen molar-refractivity contribution in [1.82, 2.24) is 4.98 Å². The summed E-state index contributed by atoms with van der Waals surface area (Å²) in [6, 6.07) is 0.437. The largest absolute Gasteiger partial charge is 0.379 e. The molecule has 0 fully saturated rings. The smallest absolute Gasteiger partial charge is 0.183 e. The average molecular weight is 186 g/mol. The molecule has 1 rings (SSSR count). The first-order chi connectivity index (χ1) is 5.72. The van der Waals surface area contributed by atoms with Crippen molar-refractivity contribution in [3.05, 3.63) is 11.1 Å². The minimum Gasteiger partial charge on any atom is -0.379 e. The molecular formula is C8H14N2OS. The summed E-state index contributed by atoms with van der Waals surface area (Å²) in [5.41, 5.74) is 0. The average Bonchev–Trinajstić information content (AvgIpc) is 2.36. The van der Waals surface area contributed by atoms with Gasteiger partial charge in [0.25, 0.3) is 0 Å². The third-order valence-electron chi connectivity index (χ3n) is 1.25. The van der Waals surface area contributed by atoms with Gasteiger partial charge in [-0.05, 0) is 13.8 Å². The number of thiazole rings is 1. The number of hydrogen-bond donors (Lipinski definition) is 1. The van der Waals surface area contributed by atoms with E-state index in [1.165, 1.54) is 0 Å². The molecule has 4 heteroatoms. The van der Waals surface area contributed by atoms with Crippen molar-refractivity contribution in [2.24, 2.45) is 0 Å². The van der Waals surface area contributed by atoms with E-state index < -0.39 is 0 Å². The molecule has 0 aliphatic heterocycles. The fraction of sp³-hybridized carbons (Fsp3) is 0.625. The van der Waals surface area contributed by atoms with E-state index in [1.54, 1.807) is 18.4 Å². The van der Waals surface area contributed by atoms with Gasteiger partial charge in [0.2, 0.25) is 0 Å². The lowest BCUT2D eigenvalue weighted by Gasteiger charge is -2.03. The number of ether oxygens (including phenoxy) is 1. The van der Waals surface area contributed by atoms with Crippen LogP contribution in [0.1, 0.15) is 18.7 Å². The molecule has 68 valence electrons. The molecule has 0 amide bonds. The van der Waals surface area contributed by atoms with Crippen LogP contribution in [-0.2, 0) is 11.3 Å². The Bertz CT molecular complexity index is 235. The van der Waals surface area contributed by atoms with Crippen molar-refractivity contribution in [3.63, 3.8) is 0 Å². The molecule has 1 aromatic rings. The van der Waals surface area contributed by atoms with Crippen LogP contribution in [0.25, 0.3) is 0 Å². The van der Waals surface area contributed by atoms with Crippen LogP contribution >= 0.6 is 11.3 Å². The summed E-state index contributed by atoms with van der Waals surface area (Å²) < 4.78 is 4.99. The summed E-state index contributed by atoms with van der Waals surface area (Å²) >= 11 is 1.64. The van der Waals surface area contributed by atoms with Crippen molar-refractivity contribution in [1.29, 1.82) is 0 Å². The van der Waals surface area contributed by atoms with Crippen LogP contribution in [0.15, 0.2) is 6.20 Å². The SMILES string of the molecule is COCc1cnc(NC(C)C)s1. The van der Waals surface area contributed by atoms with Crippen molar-refractivity contribution in [2.75, 3.05) is 12.4 Å². The minimum absolute atomic E-state index is 0.437. The van der Waals surface area contributed by atoms with Crippen LogP contribution in [0.2, 0.25) is 0 Å². The molecular weight excluding hydrogens is 172 g/mol. The van der Waals surface area contributed by atoms with Gasteiger partial charge in [-0.25, -0.2) is 4.98 Å². The lowest BCUT2D eigenvalue weighted by molar-refractivity contribution is 0.187. The molecule has 1 N–H and O–H groups in total. The molecule has 1 aromatic heterocycles. The van der Waals surface area contributed by atoms with Gasteiger partial charge in [0, 0.05) is 19.3 Å². The maximum Gasteiger partial charge on any atom is 0.183 e. The Kier molecular flexibility index (Phi) is 3.49. The molecule has 0 aliphatic rings. The van der Waals surface area contributed by atoms with Crippen molar-refractivity contribution < 1.29 is 4.74 Å². The monoisotopic (exact) mass is 186 g/mol. The van der Waals surface area contributed by atoms with Gasteiger partial charge in [-0.1, -0.05) is 11.3 Å². The Morgan fingerprint density at radius 1 is 1.67 bits per heavy atom. The first-order valence-corrected chi connectivity index (χ1v) is 4.74. The second-order valence-electron chi connectivity index (χ2n) is 2.86. The molecule has 3 nitrogen and oxygen atoms in total. The van der Waals surface area contributed by atoms with Gasteiger partial charge in [-0.2, -0.15) is 0 Å². The Hall–Kier alpha value is -0.610. The predicted molar refractivity (Wildman–Crippen MR) is 51.6 cm³/mol. The van der Waals surface area contributed by atoms with Crippen LogP contribution in [0.3, 0.4) is 0 Å². The quantitative estimate of drug-likeness (QED) is 0.782. The molecule has 0 unspecified atom stereocenters. The molecule has 0 aliphatic carbocycles. The van der Waals surface area contributed by atoms with Gasteiger partial charge in [0.05, 0.1) is 11.5 Å². The molecule has 0 aromatic carbocycles. The Morgan fingerprint density at radius 2 is 2.42 bits per heavy atom. The van der Waals surface area contributed by atoms with E-state index >= 15 is 0 Å². The second-order valence-corrected chi connectivity index (χ2v) is 3.98. The van der Waals surface area contributed by atoms with E-state index in [2.05, 4.69) is 24.1 Å². The highest BCUT2D eigenvalue weighted by molar-refractivity contribution is 7.15. The predicted octanol–water partition coefficient (Wildman–Crippen LogP) is 2.11. The number of rotatable bonds is 4. The van der Waals surface area contributed by atoms with E-state index in [4.69, 9.17) is 4.74 Å². The minimum atomic E-state index is 0.437. The molecule has 0 bridgehead atoms. The van der Waals surface area contributed by atoms with Gasteiger partial charge < -0.3 is 10.1 Å². The number of aromatic nitrogens is 1.